The molecule has 0 radical (unpaired) electrons. The number of halogens is 1. The topological polar surface area (TPSA) is 52.4 Å². The van der Waals surface area contributed by atoms with Gasteiger partial charge in [-0.1, -0.05) is 12.1 Å². The van der Waals surface area contributed by atoms with E-state index in [1.165, 1.54) is 6.07 Å². The lowest BCUT2D eigenvalue weighted by molar-refractivity contribution is -0.385. The molecule has 0 bridgehead atoms. The van der Waals surface area contributed by atoms with E-state index in [0.717, 1.165) is 16.9 Å². The molecule has 0 aliphatic carbocycles. The van der Waals surface area contributed by atoms with Crippen LogP contribution in [-0.4, -0.2) is 4.92 Å². The van der Waals surface area contributed by atoms with Crippen LogP contribution >= 0.6 is 11.6 Å². The molecular formula is C15H14ClNO3. The van der Waals surface area contributed by atoms with E-state index < -0.39 is 4.92 Å². The molecule has 0 unspecified atom stereocenters. The lowest BCUT2D eigenvalue weighted by atomic mass is 10.1. The summed E-state index contributed by atoms with van der Waals surface area (Å²) in [6, 6.07) is 10.4. The molecule has 0 heterocycles. The van der Waals surface area contributed by atoms with Gasteiger partial charge in [-0.2, -0.15) is 0 Å². The van der Waals surface area contributed by atoms with Crippen LogP contribution in [0, 0.1) is 24.0 Å². The number of ether oxygens (including phenoxy) is 1. The van der Waals surface area contributed by atoms with Crippen molar-refractivity contribution in [1.82, 2.24) is 0 Å². The molecule has 0 fully saturated rings. The maximum absolute atomic E-state index is 10.9. The standard InChI is InChI=1S/C15H14ClNO3/c1-10-4-3-5-15(11(10)2)20-13-6-7-14(17(18)19)12(8-13)9-16/h3-8H,9H2,1-2H3. The van der Waals surface area contributed by atoms with Crippen LogP contribution in [0.2, 0.25) is 0 Å². The number of benzene rings is 2. The molecule has 0 saturated heterocycles. The minimum absolute atomic E-state index is 0.00770. The second-order valence-corrected chi connectivity index (χ2v) is 4.75. The second kappa shape index (κ2) is 5.92. The summed E-state index contributed by atoms with van der Waals surface area (Å²) in [5, 5.41) is 10.9. The van der Waals surface area contributed by atoms with Gasteiger partial charge in [-0.05, 0) is 43.2 Å². The SMILES string of the molecule is Cc1cccc(Oc2ccc([N+](=O)[O-])c(CCl)c2)c1C. The molecule has 0 amide bonds. The van der Waals surface area contributed by atoms with E-state index in [2.05, 4.69) is 0 Å². The Morgan fingerprint density at radius 3 is 2.65 bits per heavy atom. The van der Waals surface area contributed by atoms with Gasteiger partial charge in [-0.25, -0.2) is 0 Å². The van der Waals surface area contributed by atoms with Crippen LogP contribution in [0.25, 0.3) is 0 Å². The van der Waals surface area contributed by atoms with Crippen molar-refractivity contribution < 1.29 is 9.66 Å². The Morgan fingerprint density at radius 1 is 1.25 bits per heavy atom. The molecule has 0 atom stereocenters. The average molecular weight is 292 g/mol. The van der Waals surface area contributed by atoms with Crippen LogP contribution in [0.5, 0.6) is 11.5 Å². The Hall–Kier alpha value is -2.07. The van der Waals surface area contributed by atoms with Crippen molar-refractivity contribution in [2.75, 3.05) is 0 Å². The fraction of sp³-hybridized carbons (Fsp3) is 0.200. The number of aryl methyl sites for hydroxylation is 1. The van der Waals surface area contributed by atoms with Crippen molar-refractivity contribution in [2.45, 2.75) is 19.7 Å². The van der Waals surface area contributed by atoms with Gasteiger partial charge >= 0.3 is 0 Å². The summed E-state index contributed by atoms with van der Waals surface area (Å²) in [6.45, 7) is 3.97. The number of hydrogen-bond donors (Lipinski definition) is 0. The summed E-state index contributed by atoms with van der Waals surface area (Å²) in [7, 11) is 0. The van der Waals surface area contributed by atoms with Gasteiger partial charge in [0.05, 0.1) is 10.8 Å². The van der Waals surface area contributed by atoms with Gasteiger partial charge in [0.15, 0.2) is 0 Å². The van der Waals surface area contributed by atoms with E-state index in [-0.39, 0.29) is 11.6 Å². The van der Waals surface area contributed by atoms with E-state index in [1.807, 2.05) is 32.0 Å². The van der Waals surface area contributed by atoms with Crippen molar-refractivity contribution in [3.63, 3.8) is 0 Å². The zero-order chi connectivity index (χ0) is 14.7. The Labute approximate surface area is 122 Å². The van der Waals surface area contributed by atoms with Crippen LogP contribution in [0.4, 0.5) is 5.69 Å². The first-order valence-corrected chi connectivity index (χ1v) is 6.63. The van der Waals surface area contributed by atoms with Crippen molar-refractivity contribution in [3.05, 3.63) is 63.2 Å². The second-order valence-electron chi connectivity index (χ2n) is 4.48. The molecule has 4 nitrogen and oxygen atoms in total. The number of nitrogens with zero attached hydrogens (tertiary/aromatic N) is 1. The van der Waals surface area contributed by atoms with Crippen LogP contribution in [0.1, 0.15) is 16.7 Å². The van der Waals surface area contributed by atoms with Gasteiger partial charge in [0, 0.05) is 11.6 Å². The van der Waals surface area contributed by atoms with Crippen LogP contribution in [0.3, 0.4) is 0 Å². The highest BCUT2D eigenvalue weighted by molar-refractivity contribution is 6.17. The number of rotatable bonds is 4. The quantitative estimate of drug-likeness (QED) is 0.464. The maximum Gasteiger partial charge on any atom is 0.274 e. The van der Waals surface area contributed by atoms with E-state index in [1.54, 1.807) is 12.1 Å². The molecule has 0 saturated carbocycles. The zero-order valence-corrected chi connectivity index (χ0v) is 12.0. The van der Waals surface area contributed by atoms with Crippen molar-refractivity contribution in [2.24, 2.45) is 0 Å². The number of nitro benzene ring substituents is 1. The molecule has 104 valence electrons. The number of hydrogen-bond acceptors (Lipinski definition) is 3. The van der Waals surface area contributed by atoms with Gasteiger partial charge in [0.1, 0.15) is 11.5 Å². The minimum atomic E-state index is -0.445. The van der Waals surface area contributed by atoms with Gasteiger partial charge in [0.25, 0.3) is 5.69 Å². The minimum Gasteiger partial charge on any atom is -0.457 e. The first-order chi connectivity index (χ1) is 9.52. The molecule has 5 heteroatoms. The molecule has 0 aliphatic heterocycles. The van der Waals surface area contributed by atoms with Crippen molar-refractivity contribution in [3.8, 4) is 11.5 Å². The van der Waals surface area contributed by atoms with Gasteiger partial charge < -0.3 is 4.74 Å². The Bertz CT molecular complexity index is 656. The predicted octanol–water partition coefficient (Wildman–Crippen LogP) is 4.74. The summed E-state index contributed by atoms with van der Waals surface area (Å²) >= 11 is 5.75. The summed E-state index contributed by atoms with van der Waals surface area (Å²) < 4.78 is 5.79. The lowest BCUT2D eigenvalue weighted by Gasteiger charge is -2.11. The molecule has 20 heavy (non-hydrogen) atoms. The monoisotopic (exact) mass is 291 g/mol. The fourth-order valence-corrected chi connectivity index (χ4v) is 2.09. The van der Waals surface area contributed by atoms with E-state index in [4.69, 9.17) is 16.3 Å². The predicted molar refractivity (Wildman–Crippen MR) is 78.6 cm³/mol. The van der Waals surface area contributed by atoms with Crippen LogP contribution in [0.15, 0.2) is 36.4 Å². The van der Waals surface area contributed by atoms with Crippen LogP contribution < -0.4 is 4.74 Å². The number of alkyl halides is 1. The van der Waals surface area contributed by atoms with E-state index in [0.29, 0.717) is 11.3 Å². The van der Waals surface area contributed by atoms with Gasteiger partial charge in [0.2, 0.25) is 0 Å². The third-order valence-corrected chi connectivity index (χ3v) is 3.46. The number of nitro groups is 1. The zero-order valence-electron chi connectivity index (χ0n) is 11.2. The molecular weight excluding hydrogens is 278 g/mol. The molecule has 0 spiro atoms. The van der Waals surface area contributed by atoms with E-state index >= 15 is 0 Å². The molecule has 0 N–H and O–H groups in total. The fourth-order valence-electron chi connectivity index (χ4n) is 1.87. The lowest BCUT2D eigenvalue weighted by Crippen LogP contribution is -1.95. The largest absolute Gasteiger partial charge is 0.457 e. The van der Waals surface area contributed by atoms with Gasteiger partial charge in [-0.15, -0.1) is 11.6 Å². The van der Waals surface area contributed by atoms with E-state index in [9.17, 15) is 10.1 Å². The third-order valence-electron chi connectivity index (χ3n) is 3.17. The van der Waals surface area contributed by atoms with Crippen molar-refractivity contribution in [1.29, 1.82) is 0 Å². The Balaban J connectivity index is 2.35. The first kappa shape index (κ1) is 14.3. The smallest absolute Gasteiger partial charge is 0.274 e. The summed E-state index contributed by atoms with van der Waals surface area (Å²) in [4.78, 5) is 10.4. The highest BCUT2D eigenvalue weighted by Crippen LogP contribution is 2.30. The Kier molecular flexibility index (Phi) is 4.25. The molecule has 2 aromatic rings. The highest BCUT2D eigenvalue weighted by Gasteiger charge is 2.14. The summed E-state index contributed by atoms with van der Waals surface area (Å²) in [6.07, 6.45) is 0. The third kappa shape index (κ3) is 2.91. The maximum atomic E-state index is 10.9. The summed E-state index contributed by atoms with van der Waals surface area (Å²) in [5.41, 5.74) is 2.62. The average Bonchev–Trinajstić information content (AvgIpc) is 2.43. The molecule has 2 rings (SSSR count). The molecule has 0 aliphatic rings. The van der Waals surface area contributed by atoms with Crippen molar-refractivity contribution >= 4 is 17.3 Å². The Morgan fingerprint density at radius 2 is 2.00 bits per heavy atom. The molecule has 0 aromatic heterocycles. The normalized spacial score (nSPS) is 10.3. The van der Waals surface area contributed by atoms with Gasteiger partial charge in [-0.3, -0.25) is 10.1 Å². The summed E-state index contributed by atoms with van der Waals surface area (Å²) in [5.74, 6) is 1.35. The van der Waals surface area contributed by atoms with Crippen LogP contribution in [-0.2, 0) is 5.88 Å². The first-order valence-electron chi connectivity index (χ1n) is 6.10. The molecule has 2 aromatic carbocycles. The highest BCUT2D eigenvalue weighted by atomic mass is 35.5.